The van der Waals surface area contributed by atoms with E-state index in [2.05, 4.69) is 6.07 Å². The number of ether oxygens (including phenoxy) is 2. The first-order valence-electron chi connectivity index (χ1n) is 7.13. The molecule has 0 N–H and O–H groups in total. The summed E-state index contributed by atoms with van der Waals surface area (Å²) in [6.07, 6.45) is 1.24. The van der Waals surface area contributed by atoms with Crippen LogP contribution in [0.4, 0.5) is 0 Å². The van der Waals surface area contributed by atoms with E-state index in [1.807, 2.05) is 55.5 Å². The van der Waals surface area contributed by atoms with Crippen LogP contribution in [0, 0.1) is 11.3 Å². The van der Waals surface area contributed by atoms with E-state index in [1.165, 1.54) is 0 Å². The van der Waals surface area contributed by atoms with E-state index in [1.54, 1.807) is 0 Å². The molecule has 21 heavy (non-hydrogen) atoms. The third-order valence-electron chi connectivity index (χ3n) is 3.07. The first-order valence-corrected chi connectivity index (χ1v) is 7.13. The number of hydrogen-bond acceptors (Lipinski definition) is 3. The van der Waals surface area contributed by atoms with Crippen molar-refractivity contribution in [2.75, 3.05) is 6.61 Å². The zero-order valence-corrected chi connectivity index (χ0v) is 12.2. The van der Waals surface area contributed by atoms with Gasteiger partial charge in [0.25, 0.3) is 0 Å². The van der Waals surface area contributed by atoms with Gasteiger partial charge in [-0.15, -0.1) is 0 Å². The molecule has 2 aromatic carbocycles. The Labute approximate surface area is 125 Å². The summed E-state index contributed by atoms with van der Waals surface area (Å²) in [6.45, 7) is 3.05. The number of aryl methyl sites for hydroxylation is 1. The summed E-state index contributed by atoms with van der Waals surface area (Å²) in [6, 6.07) is 18.1. The van der Waals surface area contributed by atoms with Gasteiger partial charge in [-0.3, -0.25) is 0 Å². The average molecular weight is 281 g/mol. The van der Waals surface area contributed by atoms with Crippen LogP contribution in [-0.2, 0) is 13.0 Å². The van der Waals surface area contributed by atoms with Gasteiger partial charge in [0, 0.05) is 6.42 Å². The van der Waals surface area contributed by atoms with Crippen molar-refractivity contribution in [3.63, 3.8) is 0 Å². The molecule has 0 saturated carbocycles. The monoisotopic (exact) mass is 281 g/mol. The van der Waals surface area contributed by atoms with E-state index in [9.17, 15) is 0 Å². The van der Waals surface area contributed by atoms with Crippen LogP contribution >= 0.6 is 0 Å². The van der Waals surface area contributed by atoms with Crippen molar-refractivity contribution in [2.24, 2.45) is 0 Å². The van der Waals surface area contributed by atoms with Crippen molar-refractivity contribution in [1.82, 2.24) is 0 Å². The smallest absolute Gasteiger partial charge is 0.161 e. The maximum Gasteiger partial charge on any atom is 0.161 e. The Morgan fingerprint density at radius 1 is 0.952 bits per heavy atom. The molecule has 0 atom stereocenters. The Bertz CT molecular complexity index is 602. The van der Waals surface area contributed by atoms with Crippen LogP contribution in [0.2, 0.25) is 0 Å². The molecule has 0 spiro atoms. The second-order valence-corrected chi connectivity index (χ2v) is 4.65. The first kappa shape index (κ1) is 14.9. The van der Waals surface area contributed by atoms with Gasteiger partial charge in [-0.05, 0) is 36.6 Å². The average Bonchev–Trinajstić information content (AvgIpc) is 2.53. The van der Waals surface area contributed by atoms with Crippen LogP contribution in [0.5, 0.6) is 11.5 Å². The van der Waals surface area contributed by atoms with Crippen molar-refractivity contribution >= 4 is 0 Å². The predicted molar refractivity (Wildman–Crippen MR) is 82.3 cm³/mol. The van der Waals surface area contributed by atoms with E-state index < -0.39 is 0 Å². The molecule has 0 bridgehead atoms. The van der Waals surface area contributed by atoms with Gasteiger partial charge < -0.3 is 9.47 Å². The van der Waals surface area contributed by atoms with E-state index in [-0.39, 0.29) is 0 Å². The lowest BCUT2D eigenvalue weighted by molar-refractivity contribution is 0.269. The molecule has 0 fully saturated rings. The molecule has 0 radical (unpaired) electrons. The second kappa shape index (κ2) is 7.96. The minimum atomic E-state index is 0.510. The Balaban J connectivity index is 2.08. The molecule has 0 aliphatic heterocycles. The fourth-order valence-electron chi connectivity index (χ4n) is 2.03. The van der Waals surface area contributed by atoms with Crippen molar-refractivity contribution in [3.05, 3.63) is 59.7 Å². The molecule has 0 heterocycles. The number of nitriles is 1. The molecule has 0 amide bonds. The minimum Gasteiger partial charge on any atom is -0.490 e. The zero-order valence-electron chi connectivity index (χ0n) is 12.2. The SMILES string of the molecule is CCOc1cc(CCC#N)ccc1OCc1ccccc1. The molecule has 2 aromatic rings. The van der Waals surface area contributed by atoms with Gasteiger partial charge >= 0.3 is 0 Å². The molecule has 3 heteroatoms. The van der Waals surface area contributed by atoms with Crippen molar-refractivity contribution < 1.29 is 9.47 Å². The molecule has 2 rings (SSSR count). The molecule has 0 aliphatic carbocycles. The van der Waals surface area contributed by atoms with Gasteiger partial charge in [0.1, 0.15) is 6.61 Å². The number of hydrogen-bond donors (Lipinski definition) is 0. The summed E-state index contributed by atoms with van der Waals surface area (Å²) < 4.78 is 11.5. The first-order chi connectivity index (χ1) is 10.3. The molecule has 0 saturated heterocycles. The molecule has 108 valence electrons. The Morgan fingerprint density at radius 2 is 1.76 bits per heavy atom. The van der Waals surface area contributed by atoms with Crippen LogP contribution in [0.15, 0.2) is 48.5 Å². The lowest BCUT2D eigenvalue weighted by Gasteiger charge is -2.13. The quantitative estimate of drug-likeness (QED) is 0.766. The Morgan fingerprint density at radius 3 is 2.48 bits per heavy atom. The number of rotatable bonds is 7. The standard InChI is InChI=1S/C18H19NO2/c1-2-20-18-13-15(9-6-12-19)10-11-17(18)21-14-16-7-4-3-5-8-16/h3-5,7-8,10-11,13H,2,6,9,14H2,1H3. The highest BCUT2D eigenvalue weighted by Crippen LogP contribution is 2.29. The largest absolute Gasteiger partial charge is 0.490 e. The molecule has 0 unspecified atom stereocenters. The summed E-state index contributed by atoms with van der Waals surface area (Å²) in [4.78, 5) is 0. The Kier molecular flexibility index (Phi) is 5.66. The molecule has 0 aliphatic rings. The molecular formula is C18H19NO2. The summed E-state index contributed by atoms with van der Waals surface area (Å²) >= 11 is 0. The minimum absolute atomic E-state index is 0.510. The van der Waals surface area contributed by atoms with Gasteiger partial charge in [0.15, 0.2) is 11.5 Å². The van der Waals surface area contributed by atoms with E-state index in [0.717, 1.165) is 29.0 Å². The summed E-state index contributed by atoms with van der Waals surface area (Å²) in [5, 5.41) is 8.66. The van der Waals surface area contributed by atoms with Gasteiger partial charge in [0.05, 0.1) is 12.7 Å². The maximum atomic E-state index is 8.66. The molecular weight excluding hydrogens is 262 g/mol. The zero-order chi connectivity index (χ0) is 14.9. The van der Waals surface area contributed by atoms with Gasteiger partial charge in [-0.25, -0.2) is 0 Å². The summed E-state index contributed by atoms with van der Waals surface area (Å²) in [5.74, 6) is 1.48. The van der Waals surface area contributed by atoms with Crippen molar-refractivity contribution in [1.29, 1.82) is 5.26 Å². The van der Waals surface area contributed by atoms with Crippen LogP contribution in [0.3, 0.4) is 0 Å². The summed E-state index contributed by atoms with van der Waals surface area (Å²) in [5.41, 5.74) is 2.21. The third-order valence-corrected chi connectivity index (χ3v) is 3.07. The van der Waals surface area contributed by atoms with Crippen LogP contribution in [-0.4, -0.2) is 6.61 Å². The second-order valence-electron chi connectivity index (χ2n) is 4.65. The van der Waals surface area contributed by atoms with Crippen molar-refractivity contribution in [3.8, 4) is 17.6 Å². The predicted octanol–water partition coefficient (Wildman–Crippen LogP) is 4.12. The Hall–Kier alpha value is -2.47. The van der Waals surface area contributed by atoms with Crippen molar-refractivity contribution in [2.45, 2.75) is 26.4 Å². The third kappa shape index (κ3) is 4.54. The highest BCUT2D eigenvalue weighted by Gasteiger charge is 2.07. The van der Waals surface area contributed by atoms with E-state index >= 15 is 0 Å². The lowest BCUT2D eigenvalue weighted by atomic mass is 10.1. The van der Waals surface area contributed by atoms with Crippen LogP contribution in [0.25, 0.3) is 0 Å². The highest BCUT2D eigenvalue weighted by atomic mass is 16.5. The number of nitrogens with zero attached hydrogens (tertiary/aromatic N) is 1. The van der Waals surface area contributed by atoms with Crippen LogP contribution < -0.4 is 9.47 Å². The molecule has 3 nitrogen and oxygen atoms in total. The normalized spacial score (nSPS) is 9.90. The molecule has 0 aromatic heterocycles. The van der Waals surface area contributed by atoms with E-state index in [4.69, 9.17) is 14.7 Å². The van der Waals surface area contributed by atoms with E-state index in [0.29, 0.717) is 19.6 Å². The lowest BCUT2D eigenvalue weighted by Crippen LogP contribution is -2.00. The van der Waals surface area contributed by atoms with Gasteiger partial charge in [-0.1, -0.05) is 36.4 Å². The van der Waals surface area contributed by atoms with Crippen LogP contribution in [0.1, 0.15) is 24.5 Å². The fraction of sp³-hybridized carbons (Fsp3) is 0.278. The van der Waals surface area contributed by atoms with Gasteiger partial charge in [-0.2, -0.15) is 5.26 Å². The summed E-state index contributed by atoms with van der Waals surface area (Å²) in [7, 11) is 0. The highest BCUT2D eigenvalue weighted by molar-refractivity contribution is 5.43. The van der Waals surface area contributed by atoms with Gasteiger partial charge in [0.2, 0.25) is 0 Å². The number of benzene rings is 2. The maximum absolute atomic E-state index is 8.66. The topological polar surface area (TPSA) is 42.2 Å². The fourth-order valence-corrected chi connectivity index (χ4v) is 2.03.